The minimum absolute atomic E-state index is 0.0731. The molecule has 226 valence electrons. The van der Waals surface area contributed by atoms with Crippen molar-refractivity contribution < 1.29 is 32.9 Å². The fourth-order valence-corrected chi connectivity index (χ4v) is 4.72. The lowest BCUT2D eigenvalue weighted by Crippen LogP contribution is -2.46. The van der Waals surface area contributed by atoms with Crippen LogP contribution in [0.1, 0.15) is 117 Å². The highest BCUT2D eigenvalue weighted by Gasteiger charge is 2.28. The van der Waals surface area contributed by atoms with Gasteiger partial charge in [0.1, 0.15) is 13.2 Å². The van der Waals surface area contributed by atoms with Gasteiger partial charge in [0.2, 0.25) is 5.91 Å². The van der Waals surface area contributed by atoms with E-state index < -0.39 is 20.0 Å². The van der Waals surface area contributed by atoms with Gasteiger partial charge in [0.15, 0.2) is 0 Å². The second-order valence-electron chi connectivity index (χ2n) is 11.5. The van der Waals surface area contributed by atoms with Gasteiger partial charge in [-0.3, -0.25) is 13.8 Å². The summed E-state index contributed by atoms with van der Waals surface area (Å²) in [5, 5.41) is 13.6. The molecule has 0 radical (unpaired) electrons. The van der Waals surface area contributed by atoms with Gasteiger partial charge in [-0.15, -0.1) is 0 Å². The fraction of sp³-hybridized carbons (Fsp3) is 0.897. The topological polar surface area (TPSA) is 105 Å². The molecule has 3 N–H and O–H groups in total. The number of phosphoric acid groups is 1. The molecule has 0 aromatic heterocycles. The van der Waals surface area contributed by atoms with Crippen LogP contribution in [0.4, 0.5) is 0 Å². The first-order valence-electron chi connectivity index (χ1n) is 15.1. The average Bonchev–Trinajstić information content (AvgIpc) is 2.84. The molecule has 0 saturated heterocycles. The summed E-state index contributed by atoms with van der Waals surface area (Å²) in [5.41, 5.74) is 0. The molecule has 0 aliphatic carbocycles. The lowest BCUT2D eigenvalue weighted by atomic mass is 10.0. The molecule has 0 fully saturated rings. The first-order valence-corrected chi connectivity index (χ1v) is 16.5. The van der Waals surface area contributed by atoms with Gasteiger partial charge in [-0.1, -0.05) is 90.2 Å². The van der Waals surface area contributed by atoms with Gasteiger partial charge in [-0.05, 0) is 32.1 Å². The maximum Gasteiger partial charge on any atom is 0.472 e. The van der Waals surface area contributed by atoms with Crippen molar-refractivity contribution in [2.45, 2.75) is 129 Å². The summed E-state index contributed by atoms with van der Waals surface area (Å²) in [6, 6.07) is -0.754. The molecule has 0 aromatic rings. The Morgan fingerprint density at radius 2 is 1.47 bits per heavy atom. The number of carbonyl (C=O) groups is 1. The molecule has 0 aromatic carbocycles. The standard InChI is InChI=1S/C29H59N2O6P/c1-6-8-10-12-14-15-16-17-19-21-23-29(33)30-27(28(32)22-20-18-13-11-9-7-2)26-37-38(34,35)36-25-24-31(3,4)5/h10,12,27-28,32H,6-9,11,13-26H2,1-5H3,(H-,30,33,34,35)/p+1/b12-10-. The summed E-state index contributed by atoms with van der Waals surface area (Å²) in [7, 11) is 1.60. The fourth-order valence-electron chi connectivity index (χ4n) is 3.99. The normalized spacial score (nSPS) is 15.4. The Morgan fingerprint density at radius 1 is 0.868 bits per heavy atom. The number of phosphoric ester groups is 1. The molecule has 8 nitrogen and oxygen atoms in total. The van der Waals surface area contributed by atoms with Crippen LogP contribution in [0.2, 0.25) is 0 Å². The Labute approximate surface area is 233 Å². The third-order valence-corrected chi connectivity index (χ3v) is 7.48. The molecule has 0 aliphatic rings. The number of nitrogens with zero attached hydrogens (tertiary/aromatic N) is 1. The van der Waals surface area contributed by atoms with Gasteiger partial charge in [0.25, 0.3) is 0 Å². The summed E-state index contributed by atoms with van der Waals surface area (Å²) < 4.78 is 23.2. The van der Waals surface area contributed by atoms with Crippen LogP contribution in [-0.2, 0) is 18.4 Å². The molecule has 0 heterocycles. The molecule has 0 aliphatic heterocycles. The van der Waals surface area contributed by atoms with Crippen LogP contribution in [0.15, 0.2) is 12.2 Å². The first-order chi connectivity index (χ1) is 18.0. The summed E-state index contributed by atoms with van der Waals surface area (Å²) in [6.07, 6.45) is 19.7. The van der Waals surface area contributed by atoms with E-state index in [0.717, 1.165) is 57.8 Å². The minimum Gasteiger partial charge on any atom is -0.391 e. The van der Waals surface area contributed by atoms with Crippen LogP contribution < -0.4 is 5.32 Å². The molecule has 1 amide bonds. The largest absolute Gasteiger partial charge is 0.472 e. The second-order valence-corrected chi connectivity index (χ2v) is 12.9. The van der Waals surface area contributed by atoms with Crippen LogP contribution in [0, 0.1) is 0 Å². The van der Waals surface area contributed by atoms with Crippen molar-refractivity contribution >= 4 is 13.7 Å². The Balaban J connectivity index is 4.57. The van der Waals surface area contributed by atoms with Gasteiger partial charge in [0.05, 0.1) is 39.9 Å². The van der Waals surface area contributed by atoms with Crippen molar-refractivity contribution in [2.24, 2.45) is 0 Å². The number of hydrogen-bond acceptors (Lipinski definition) is 5. The van der Waals surface area contributed by atoms with Crippen molar-refractivity contribution in [3.05, 3.63) is 12.2 Å². The monoisotopic (exact) mass is 563 g/mol. The predicted octanol–water partition coefficient (Wildman–Crippen LogP) is 6.51. The summed E-state index contributed by atoms with van der Waals surface area (Å²) in [4.78, 5) is 22.7. The van der Waals surface area contributed by atoms with E-state index in [0.29, 0.717) is 23.9 Å². The van der Waals surface area contributed by atoms with Gasteiger partial charge in [0, 0.05) is 6.42 Å². The highest BCUT2D eigenvalue weighted by atomic mass is 31.2. The Hall–Kier alpha value is -0.760. The number of hydrogen-bond donors (Lipinski definition) is 3. The number of likely N-dealkylation sites (N-methyl/N-ethyl adjacent to an activating group) is 1. The maximum atomic E-state index is 12.6. The molecule has 0 rings (SSSR count). The number of allylic oxidation sites excluding steroid dienone is 2. The van der Waals surface area contributed by atoms with Crippen molar-refractivity contribution in [3.8, 4) is 0 Å². The molecule has 3 unspecified atom stereocenters. The van der Waals surface area contributed by atoms with E-state index in [1.165, 1.54) is 32.1 Å². The first kappa shape index (κ1) is 37.2. The van der Waals surface area contributed by atoms with E-state index >= 15 is 0 Å². The molecule has 38 heavy (non-hydrogen) atoms. The van der Waals surface area contributed by atoms with Crippen LogP contribution in [0.25, 0.3) is 0 Å². The van der Waals surface area contributed by atoms with E-state index in [9.17, 15) is 19.4 Å². The highest BCUT2D eigenvalue weighted by molar-refractivity contribution is 7.47. The van der Waals surface area contributed by atoms with Gasteiger partial charge in [-0.2, -0.15) is 0 Å². The highest BCUT2D eigenvalue weighted by Crippen LogP contribution is 2.43. The quantitative estimate of drug-likeness (QED) is 0.0480. The Kier molecular flexibility index (Phi) is 22.5. The molecule has 0 bridgehead atoms. The van der Waals surface area contributed by atoms with Gasteiger partial charge < -0.3 is 19.8 Å². The number of unbranched alkanes of at least 4 members (excludes halogenated alkanes) is 11. The number of nitrogens with one attached hydrogen (secondary N) is 1. The third-order valence-electron chi connectivity index (χ3n) is 6.49. The van der Waals surface area contributed by atoms with E-state index in [1.54, 1.807) is 0 Å². The minimum atomic E-state index is -4.28. The van der Waals surface area contributed by atoms with E-state index in [-0.39, 0.29) is 19.1 Å². The number of quaternary nitrogens is 1. The zero-order valence-corrected chi connectivity index (χ0v) is 26.1. The molecule has 0 saturated carbocycles. The zero-order chi connectivity index (χ0) is 28.7. The summed E-state index contributed by atoms with van der Waals surface area (Å²) in [5.74, 6) is -0.165. The van der Waals surface area contributed by atoms with Crippen molar-refractivity contribution in [2.75, 3.05) is 40.9 Å². The molecular weight excluding hydrogens is 503 g/mol. The number of aliphatic hydroxyl groups excluding tert-OH is 1. The van der Waals surface area contributed by atoms with Crippen LogP contribution in [-0.4, -0.2) is 73.4 Å². The summed E-state index contributed by atoms with van der Waals surface area (Å²) >= 11 is 0. The van der Waals surface area contributed by atoms with Crippen molar-refractivity contribution in [1.82, 2.24) is 5.32 Å². The van der Waals surface area contributed by atoms with E-state index in [1.807, 2.05) is 21.1 Å². The Bertz CT molecular complexity index is 653. The number of aliphatic hydroxyl groups is 1. The lowest BCUT2D eigenvalue weighted by Gasteiger charge is -2.26. The number of amides is 1. The predicted molar refractivity (Wildman–Crippen MR) is 157 cm³/mol. The number of carbonyl (C=O) groups excluding carboxylic acids is 1. The average molecular weight is 564 g/mol. The maximum absolute atomic E-state index is 12.6. The van der Waals surface area contributed by atoms with Gasteiger partial charge in [-0.25, -0.2) is 4.57 Å². The van der Waals surface area contributed by atoms with Gasteiger partial charge >= 0.3 is 7.82 Å². The smallest absolute Gasteiger partial charge is 0.391 e. The lowest BCUT2D eigenvalue weighted by molar-refractivity contribution is -0.870. The molecule has 9 heteroatoms. The third kappa shape index (κ3) is 24.3. The van der Waals surface area contributed by atoms with E-state index in [2.05, 4.69) is 31.3 Å². The molecule has 3 atom stereocenters. The SMILES string of the molecule is CCC/C=C\CCCCCCCC(=O)NC(COP(=O)(O)OCC[N+](C)(C)C)C(O)CCCCCCCC. The zero-order valence-electron chi connectivity index (χ0n) is 25.2. The van der Waals surface area contributed by atoms with Crippen LogP contribution in [0.3, 0.4) is 0 Å². The van der Waals surface area contributed by atoms with Crippen LogP contribution in [0.5, 0.6) is 0 Å². The second kappa shape index (κ2) is 23.0. The molecular formula is C29H60N2O6P+. The van der Waals surface area contributed by atoms with Crippen molar-refractivity contribution in [1.29, 1.82) is 0 Å². The van der Waals surface area contributed by atoms with Crippen molar-refractivity contribution in [3.63, 3.8) is 0 Å². The van der Waals surface area contributed by atoms with E-state index in [4.69, 9.17) is 9.05 Å². The number of rotatable bonds is 26. The summed E-state index contributed by atoms with van der Waals surface area (Å²) in [6.45, 7) is 4.70. The van der Waals surface area contributed by atoms with Crippen LogP contribution >= 0.6 is 7.82 Å². The Morgan fingerprint density at radius 3 is 2.13 bits per heavy atom. The molecule has 0 spiro atoms.